The van der Waals surface area contributed by atoms with E-state index in [4.69, 9.17) is 9.47 Å². The van der Waals surface area contributed by atoms with Crippen molar-refractivity contribution < 1.29 is 54.2 Å². The number of ketones is 4. The predicted octanol–water partition coefficient (Wildman–Crippen LogP) is 4.50. The number of rotatable bonds is 6. The first kappa shape index (κ1) is 41.4. The van der Waals surface area contributed by atoms with Gasteiger partial charge in [0, 0.05) is 28.6 Å². The van der Waals surface area contributed by atoms with E-state index < -0.39 is 65.6 Å². The minimum Gasteiger partial charge on any atom is -0.393 e. The van der Waals surface area contributed by atoms with E-state index >= 15 is 0 Å². The van der Waals surface area contributed by atoms with Crippen molar-refractivity contribution in [3.8, 4) is 0 Å². The fourth-order valence-electron chi connectivity index (χ4n) is 15.4. The molecule has 0 radical (unpaired) electrons. The highest BCUT2D eigenvalue weighted by Crippen LogP contribution is 2.70. The molecule has 5 N–H and O–H groups in total. The van der Waals surface area contributed by atoms with Crippen molar-refractivity contribution >= 4 is 23.1 Å². The molecule has 0 unspecified atom stereocenters. The zero-order valence-corrected chi connectivity index (χ0v) is 34.4. The maximum Gasteiger partial charge on any atom is 0.193 e. The second-order valence-electron chi connectivity index (χ2n) is 20.3. The SMILES string of the molecule is CCC[C@@H]1O[C@@H]2C[C@H]3[C@@H]4CCC5=CC(=O)C=C[C@]5(C)[C@H]4[C@@H](O)C[C@]3(C)[C@]2(C(=O)CO)O1.C[C@]12CCC(=O)C=C1CC[C@@H]1[C@@H]2[C@@H](O)C[C@@]2(C)[C@H]1CC[C@]2(O)C(=O)CO. The normalized spacial score (nSPS) is 50.4. The topological polar surface area (TPSA) is 188 Å². The summed E-state index contributed by atoms with van der Waals surface area (Å²) in [6.45, 7) is 9.13. The Morgan fingerprint density at radius 3 is 2.14 bits per heavy atom. The summed E-state index contributed by atoms with van der Waals surface area (Å²) in [5, 5.41) is 53.1. The zero-order chi connectivity index (χ0) is 41.1. The molecule has 6 saturated carbocycles. The molecule has 9 aliphatic rings. The Morgan fingerprint density at radius 2 is 1.46 bits per heavy atom. The van der Waals surface area contributed by atoms with Crippen LogP contribution in [0.25, 0.3) is 0 Å². The third-order valence-corrected chi connectivity index (χ3v) is 18.0. The zero-order valence-electron chi connectivity index (χ0n) is 34.4. The summed E-state index contributed by atoms with van der Waals surface area (Å²) in [5.41, 5.74) is -2.28. The number of hydrogen-bond acceptors (Lipinski definition) is 11. The van der Waals surface area contributed by atoms with Gasteiger partial charge in [0.05, 0.1) is 18.3 Å². The van der Waals surface area contributed by atoms with E-state index in [1.807, 2.05) is 13.0 Å². The largest absolute Gasteiger partial charge is 0.393 e. The fourth-order valence-corrected chi connectivity index (χ4v) is 15.4. The Labute approximate surface area is 336 Å². The van der Waals surface area contributed by atoms with Crippen molar-refractivity contribution in [2.24, 2.45) is 57.2 Å². The number of carbonyl (C=O) groups excluding carboxylic acids is 4. The molecular formula is C46H64O11. The lowest BCUT2D eigenvalue weighted by molar-refractivity contribution is -0.200. The molecule has 57 heavy (non-hydrogen) atoms. The fraction of sp³-hybridized carbons (Fsp3) is 0.783. The molecule has 0 bridgehead atoms. The summed E-state index contributed by atoms with van der Waals surface area (Å²) in [6, 6.07) is 0. The van der Waals surface area contributed by atoms with Gasteiger partial charge in [0.2, 0.25) is 0 Å². The molecule has 0 aromatic heterocycles. The van der Waals surface area contributed by atoms with Gasteiger partial charge in [-0.15, -0.1) is 0 Å². The maximum absolute atomic E-state index is 13.2. The molecule has 314 valence electrons. The van der Waals surface area contributed by atoms with Crippen LogP contribution in [0.4, 0.5) is 0 Å². The van der Waals surface area contributed by atoms with Crippen molar-refractivity contribution in [3.05, 3.63) is 35.5 Å². The molecule has 0 aromatic carbocycles. The van der Waals surface area contributed by atoms with E-state index in [0.717, 1.165) is 50.5 Å². The number of aliphatic hydroxyl groups excluding tert-OH is 4. The van der Waals surface area contributed by atoms with Gasteiger partial charge in [-0.2, -0.15) is 0 Å². The molecule has 0 spiro atoms. The molecule has 1 saturated heterocycles. The Balaban J connectivity index is 0.000000162. The van der Waals surface area contributed by atoms with Crippen LogP contribution in [0.2, 0.25) is 0 Å². The van der Waals surface area contributed by atoms with E-state index in [-0.39, 0.29) is 63.7 Å². The highest BCUT2D eigenvalue weighted by atomic mass is 16.7. The third-order valence-electron chi connectivity index (χ3n) is 18.0. The van der Waals surface area contributed by atoms with Gasteiger partial charge in [-0.1, -0.05) is 58.3 Å². The molecule has 0 aromatic rings. The minimum absolute atomic E-state index is 0.0125. The molecule has 11 nitrogen and oxygen atoms in total. The lowest BCUT2D eigenvalue weighted by Crippen LogP contribution is -2.63. The number of ether oxygens (including phenoxy) is 2. The number of allylic oxidation sites excluding steroid dienone is 5. The summed E-state index contributed by atoms with van der Waals surface area (Å²) in [5.74, 6) is 0.167. The minimum atomic E-state index is -1.54. The van der Waals surface area contributed by atoms with Crippen LogP contribution in [0.15, 0.2) is 35.5 Å². The van der Waals surface area contributed by atoms with Crippen LogP contribution in [0, 0.1) is 57.2 Å². The Hall–Kier alpha value is -2.38. The van der Waals surface area contributed by atoms with E-state index in [0.29, 0.717) is 38.5 Å². The highest BCUT2D eigenvalue weighted by molar-refractivity contribution is 6.01. The molecule has 8 aliphatic carbocycles. The third kappa shape index (κ3) is 5.61. The summed E-state index contributed by atoms with van der Waals surface area (Å²) in [7, 11) is 0. The standard InChI is InChI=1S/C25H34O6.C21H30O5/c1-4-5-21-30-20-11-17-16-7-6-14-10-15(27)8-9-23(14,2)22(16)18(28)12-24(17,3)25(20,31-21)19(29)13-26;1-19-7-5-13(23)9-12(19)3-4-14-15-6-8-21(26,17(25)11-22)20(15,2)10-16(24)18(14)19/h8-10,16-18,20-22,26,28H,4-7,11-13H2,1-3H3;9,14-16,18,22,24,26H,3-8,10-11H2,1-2H3/t16-,17-,18-,20+,21+,22+,23-,24-,25+;14-,15-,16-,18+,19-,20-,21-/m00/s1. The average Bonchev–Trinajstić information content (AvgIpc) is 3.75. The van der Waals surface area contributed by atoms with E-state index in [9.17, 15) is 44.7 Å². The van der Waals surface area contributed by atoms with E-state index in [1.54, 1.807) is 18.2 Å². The molecule has 11 heteroatoms. The summed E-state index contributed by atoms with van der Waals surface area (Å²) < 4.78 is 12.7. The quantitative estimate of drug-likeness (QED) is 0.255. The van der Waals surface area contributed by atoms with E-state index in [2.05, 4.69) is 27.7 Å². The first-order valence-electron chi connectivity index (χ1n) is 21.8. The van der Waals surface area contributed by atoms with Crippen LogP contribution < -0.4 is 0 Å². The van der Waals surface area contributed by atoms with Crippen LogP contribution in [0.3, 0.4) is 0 Å². The predicted molar refractivity (Wildman–Crippen MR) is 208 cm³/mol. The van der Waals surface area contributed by atoms with Gasteiger partial charge < -0.3 is 35.0 Å². The van der Waals surface area contributed by atoms with E-state index in [1.165, 1.54) is 5.57 Å². The van der Waals surface area contributed by atoms with Gasteiger partial charge in [-0.25, -0.2) is 0 Å². The lowest BCUT2D eigenvalue weighted by atomic mass is 9.45. The van der Waals surface area contributed by atoms with Gasteiger partial charge in [-0.3, -0.25) is 19.2 Å². The van der Waals surface area contributed by atoms with Crippen LogP contribution in [-0.2, 0) is 28.7 Å². The molecule has 1 aliphatic heterocycles. The van der Waals surface area contributed by atoms with Crippen LogP contribution in [-0.4, -0.2) is 97.7 Å². The van der Waals surface area contributed by atoms with Gasteiger partial charge in [0.1, 0.15) is 18.8 Å². The first-order chi connectivity index (χ1) is 26.9. The van der Waals surface area contributed by atoms with Gasteiger partial charge in [-0.05, 0) is 124 Å². The number of aliphatic hydroxyl groups is 5. The molecule has 16 atom stereocenters. The summed E-state index contributed by atoms with van der Waals surface area (Å²) in [4.78, 5) is 49.5. The molecule has 0 amide bonds. The van der Waals surface area contributed by atoms with Crippen LogP contribution >= 0.6 is 0 Å². The second-order valence-corrected chi connectivity index (χ2v) is 20.3. The Kier molecular flexibility index (Phi) is 10.2. The number of fused-ring (bicyclic) bond motifs is 12. The number of Topliss-reactive ketones (excluding diaryl/α,β-unsaturated/α-hetero) is 2. The van der Waals surface area contributed by atoms with Gasteiger partial charge >= 0.3 is 0 Å². The average molecular weight is 793 g/mol. The first-order valence-corrected chi connectivity index (χ1v) is 21.8. The smallest absolute Gasteiger partial charge is 0.193 e. The Morgan fingerprint density at radius 1 is 0.807 bits per heavy atom. The molecule has 7 fully saturated rings. The molecule has 1 heterocycles. The molecular weight excluding hydrogens is 728 g/mol. The summed E-state index contributed by atoms with van der Waals surface area (Å²) >= 11 is 0. The van der Waals surface area contributed by atoms with Crippen LogP contribution in [0.1, 0.15) is 118 Å². The number of hydrogen-bond donors (Lipinski definition) is 5. The maximum atomic E-state index is 13.2. The summed E-state index contributed by atoms with van der Waals surface area (Å²) in [6.07, 6.45) is 14.0. The van der Waals surface area contributed by atoms with Gasteiger partial charge in [0.25, 0.3) is 0 Å². The highest BCUT2D eigenvalue weighted by Gasteiger charge is 2.76. The van der Waals surface area contributed by atoms with Crippen molar-refractivity contribution in [2.75, 3.05) is 13.2 Å². The second kappa shape index (κ2) is 14.1. The monoisotopic (exact) mass is 792 g/mol. The van der Waals surface area contributed by atoms with Crippen LogP contribution in [0.5, 0.6) is 0 Å². The van der Waals surface area contributed by atoms with Crippen molar-refractivity contribution in [3.63, 3.8) is 0 Å². The van der Waals surface area contributed by atoms with Crippen molar-refractivity contribution in [1.29, 1.82) is 0 Å². The Bertz CT molecular complexity index is 1800. The molecule has 9 rings (SSSR count). The van der Waals surface area contributed by atoms with Crippen molar-refractivity contribution in [2.45, 2.75) is 154 Å². The van der Waals surface area contributed by atoms with Crippen molar-refractivity contribution in [1.82, 2.24) is 0 Å². The lowest BCUT2D eigenvalue weighted by Gasteiger charge is -2.60. The number of carbonyl (C=O) groups is 4. The van der Waals surface area contributed by atoms with Gasteiger partial charge in [0.15, 0.2) is 35.0 Å².